The van der Waals surface area contributed by atoms with E-state index in [0.717, 1.165) is 49.5 Å². The van der Waals surface area contributed by atoms with Gasteiger partial charge in [-0.25, -0.2) is 0 Å². The number of aldehydes is 1. The van der Waals surface area contributed by atoms with Gasteiger partial charge in [0.15, 0.2) is 0 Å². The van der Waals surface area contributed by atoms with Gasteiger partial charge in [-0.3, -0.25) is 4.90 Å². The third-order valence-electron chi connectivity index (χ3n) is 4.12. The maximum Gasteiger partial charge on any atom is 0.123 e. The Labute approximate surface area is 118 Å². The van der Waals surface area contributed by atoms with Gasteiger partial charge in [0.05, 0.1) is 0 Å². The van der Waals surface area contributed by atoms with Crippen molar-refractivity contribution in [2.75, 3.05) is 13.1 Å². The van der Waals surface area contributed by atoms with Crippen molar-refractivity contribution in [1.82, 2.24) is 4.90 Å². The number of carbonyl (C=O) groups excluding carboxylic acids is 1. The molecule has 0 unspecified atom stereocenters. The van der Waals surface area contributed by atoms with Crippen molar-refractivity contribution in [1.29, 1.82) is 0 Å². The first-order chi connectivity index (χ1) is 9.74. The largest absolute Gasteiger partial charge is 0.508 e. The Bertz CT molecular complexity index is 615. The minimum absolute atomic E-state index is 0.255. The fourth-order valence-electron chi connectivity index (χ4n) is 2.89. The molecule has 3 nitrogen and oxygen atoms in total. The van der Waals surface area contributed by atoms with E-state index in [9.17, 15) is 9.90 Å². The summed E-state index contributed by atoms with van der Waals surface area (Å²) in [6.45, 7) is 2.93. The Morgan fingerprint density at radius 2 is 1.80 bits per heavy atom. The van der Waals surface area contributed by atoms with E-state index in [2.05, 4.69) is 23.1 Å². The number of likely N-dealkylation sites (tertiary alicyclic amines) is 1. The molecule has 1 saturated heterocycles. The fraction of sp³-hybridized carbons (Fsp3) is 0.353. The molecule has 2 aromatic carbocycles. The molecule has 1 aliphatic rings. The summed E-state index contributed by atoms with van der Waals surface area (Å²) >= 11 is 0. The van der Waals surface area contributed by atoms with Gasteiger partial charge in [-0.2, -0.15) is 0 Å². The van der Waals surface area contributed by atoms with Crippen LogP contribution in [0.5, 0.6) is 5.75 Å². The summed E-state index contributed by atoms with van der Waals surface area (Å²) < 4.78 is 0. The molecule has 0 atom stereocenters. The predicted octanol–water partition coefficient (Wildman–Crippen LogP) is 2.96. The summed E-state index contributed by atoms with van der Waals surface area (Å²) in [5.74, 6) is 0.562. The number of rotatable bonds is 3. The highest BCUT2D eigenvalue weighted by Gasteiger charge is 2.18. The van der Waals surface area contributed by atoms with Crippen molar-refractivity contribution in [3.63, 3.8) is 0 Å². The van der Waals surface area contributed by atoms with Crippen LogP contribution in [0.4, 0.5) is 0 Å². The van der Waals surface area contributed by atoms with Crippen LogP contribution in [-0.4, -0.2) is 29.4 Å². The molecular weight excluding hydrogens is 250 g/mol. The lowest BCUT2D eigenvalue weighted by Gasteiger charge is -2.29. The van der Waals surface area contributed by atoms with Crippen LogP contribution in [0.1, 0.15) is 18.4 Å². The van der Waals surface area contributed by atoms with Crippen LogP contribution in [-0.2, 0) is 11.3 Å². The quantitative estimate of drug-likeness (QED) is 0.871. The van der Waals surface area contributed by atoms with Crippen molar-refractivity contribution in [2.45, 2.75) is 19.4 Å². The van der Waals surface area contributed by atoms with E-state index < -0.39 is 0 Å². The SMILES string of the molecule is O=CC1CCN(Cc2ccc3cc(O)ccc3c2)CC1. The van der Waals surface area contributed by atoms with Crippen LogP contribution in [0, 0.1) is 5.92 Å². The molecule has 0 aliphatic carbocycles. The molecule has 1 heterocycles. The average Bonchev–Trinajstić information content (AvgIpc) is 2.48. The summed E-state index contributed by atoms with van der Waals surface area (Å²) in [5, 5.41) is 11.7. The van der Waals surface area contributed by atoms with Crippen LogP contribution in [0.15, 0.2) is 36.4 Å². The van der Waals surface area contributed by atoms with E-state index in [-0.39, 0.29) is 5.92 Å². The van der Waals surface area contributed by atoms with Gasteiger partial charge < -0.3 is 9.90 Å². The number of aromatic hydroxyl groups is 1. The first kappa shape index (κ1) is 13.1. The lowest BCUT2D eigenvalue weighted by Crippen LogP contribution is -2.33. The number of piperidine rings is 1. The number of nitrogens with zero attached hydrogens (tertiary/aromatic N) is 1. The maximum atomic E-state index is 10.8. The second-order valence-electron chi connectivity index (χ2n) is 5.62. The molecule has 1 N–H and O–H groups in total. The molecule has 2 aromatic rings. The molecule has 0 radical (unpaired) electrons. The minimum atomic E-state index is 0.255. The molecule has 0 spiro atoms. The summed E-state index contributed by atoms with van der Waals surface area (Å²) in [7, 11) is 0. The van der Waals surface area contributed by atoms with Crippen LogP contribution in [0.3, 0.4) is 0 Å². The Hall–Kier alpha value is -1.87. The van der Waals surface area contributed by atoms with Crippen LogP contribution in [0.2, 0.25) is 0 Å². The molecule has 0 saturated carbocycles. The van der Waals surface area contributed by atoms with Gasteiger partial charge in [-0.1, -0.05) is 18.2 Å². The summed E-state index contributed by atoms with van der Waals surface area (Å²) in [6.07, 6.45) is 3.05. The van der Waals surface area contributed by atoms with E-state index in [1.54, 1.807) is 12.1 Å². The second kappa shape index (κ2) is 5.63. The topological polar surface area (TPSA) is 40.5 Å². The highest BCUT2D eigenvalue weighted by atomic mass is 16.3. The van der Waals surface area contributed by atoms with Crippen molar-refractivity contribution < 1.29 is 9.90 Å². The van der Waals surface area contributed by atoms with E-state index in [4.69, 9.17) is 0 Å². The normalized spacial score (nSPS) is 17.4. The summed E-state index contributed by atoms with van der Waals surface area (Å²) in [4.78, 5) is 13.2. The van der Waals surface area contributed by atoms with Crippen molar-refractivity contribution >= 4 is 17.1 Å². The van der Waals surface area contributed by atoms with Crippen LogP contribution >= 0.6 is 0 Å². The lowest BCUT2D eigenvalue weighted by atomic mass is 9.98. The zero-order chi connectivity index (χ0) is 13.9. The third-order valence-corrected chi connectivity index (χ3v) is 4.12. The standard InChI is InChI=1S/C17H19NO2/c19-12-13-5-7-18(8-6-13)11-14-1-2-16-10-17(20)4-3-15(16)9-14/h1-4,9-10,12-13,20H,5-8,11H2. The Morgan fingerprint density at radius 3 is 2.55 bits per heavy atom. The lowest BCUT2D eigenvalue weighted by molar-refractivity contribution is -0.112. The first-order valence-electron chi connectivity index (χ1n) is 7.14. The Kier molecular flexibility index (Phi) is 3.70. The monoisotopic (exact) mass is 269 g/mol. The molecule has 3 heteroatoms. The maximum absolute atomic E-state index is 10.8. The smallest absolute Gasteiger partial charge is 0.123 e. The predicted molar refractivity (Wildman–Crippen MR) is 79.7 cm³/mol. The van der Waals surface area contributed by atoms with Gasteiger partial charge in [0, 0.05) is 12.5 Å². The van der Waals surface area contributed by atoms with E-state index >= 15 is 0 Å². The van der Waals surface area contributed by atoms with Gasteiger partial charge >= 0.3 is 0 Å². The van der Waals surface area contributed by atoms with Gasteiger partial charge in [-0.05, 0) is 60.5 Å². The van der Waals surface area contributed by atoms with Gasteiger partial charge in [0.2, 0.25) is 0 Å². The minimum Gasteiger partial charge on any atom is -0.508 e. The van der Waals surface area contributed by atoms with Gasteiger partial charge in [-0.15, -0.1) is 0 Å². The molecule has 0 aromatic heterocycles. The molecular formula is C17H19NO2. The molecule has 0 amide bonds. The van der Waals surface area contributed by atoms with Crippen LogP contribution < -0.4 is 0 Å². The van der Waals surface area contributed by atoms with Crippen LogP contribution in [0.25, 0.3) is 10.8 Å². The van der Waals surface area contributed by atoms with E-state index in [0.29, 0.717) is 5.75 Å². The summed E-state index contributed by atoms with van der Waals surface area (Å²) in [6, 6.07) is 11.8. The number of hydrogen-bond acceptors (Lipinski definition) is 3. The highest BCUT2D eigenvalue weighted by Crippen LogP contribution is 2.23. The van der Waals surface area contributed by atoms with Gasteiger partial charge in [0.1, 0.15) is 12.0 Å². The van der Waals surface area contributed by atoms with E-state index in [1.165, 1.54) is 5.56 Å². The first-order valence-corrected chi connectivity index (χ1v) is 7.14. The molecule has 1 fully saturated rings. The number of carbonyl (C=O) groups is 1. The summed E-state index contributed by atoms with van der Waals surface area (Å²) in [5.41, 5.74) is 1.28. The zero-order valence-corrected chi connectivity index (χ0v) is 11.5. The highest BCUT2D eigenvalue weighted by molar-refractivity contribution is 5.84. The Morgan fingerprint density at radius 1 is 1.10 bits per heavy atom. The third kappa shape index (κ3) is 2.83. The van der Waals surface area contributed by atoms with Crippen molar-refractivity contribution in [3.05, 3.63) is 42.0 Å². The molecule has 0 bridgehead atoms. The fourth-order valence-corrected chi connectivity index (χ4v) is 2.89. The molecule has 20 heavy (non-hydrogen) atoms. The zero-order valence-electron chi connectivity index (χ0n) is 11.5. The number of phenolic OH excluding ortho intramolecular Hbond substituents is 1. The number of benzene rings is 2. The molecule has 104 valence electrons. The Balaban J connectivity index is 1.72. The second-order valence-corrected chi connectivity index (χ2v) is 5.62. The number of hydrogen-bond donors (Lipinski definition) is 1. The number of phenols is 1. The number of fused-ring (bicyclic) bond motifs is 1. The van der Waals surface area contributed by atoms with E-state index in [1.807, 2.05) is 6.07 Å². The van der Waals surface area contributed by atoms with Crippen molar-refractivity contribution in [2.24, 2.45) is 5.92 Å². The average molecular weight is 269 g/mol. The van der Waals surface area contributed by atoms with Crippen molar-refractivity contribution in [3.8, 4) is 5.75 Å². The molecule has 1 aliphatic heterocycles. The van der Waals surface area contributed by atoms with Gasteiger partial charge in [0.25, 0.3) is 0 Å². The molecule has 3 rings (SSSR count).